The van der Waals surface area contributed by atoms with Gasteiger partial charge in [-0.3, -0.25) is 0 Å². The van der Waals surface area contributed by atoms with Crippen LogP contribution in [0.15, 0.2) is 30.3 Å². The zero-order chi connectivity index (χ0) is 12.9. The maximum Gasteiger partial charge on any atom is 0.0673 e. The molecule has 96 valence electrons. The Morgan fingerprint density at radius 3 is 2.12 bits per heavy atom. The van der Waals surface area contributed by atoms with Crippen LogP contribution in [0.25, 0.3) is 0 Å². The van der Waals surface area contributed by atoms with Gasteiger partial charge in [-0.1, -0.05) is 44.2 Å². The molecule has 1 rings (SSSR count). The van der Waals surface area contributed by atoms with Crippen LogP contribution in [0.1, 0.15) is 39.7 Å². The molecule has 0 aliphatic rings. The van der Waals surface area contributed by atoms with E-state index in [2.05, 4.69) is 45.1 Å². The van der Waals surface area contributed by atoms with Gasteiger partial charge in [0.15, 0.2) is 0 Å². The molecule has 0 radical (unpaired) electrons. The molecule has 0 aromatic heterocycles. The first-order valence-electron chi connectivity index (χ1n) is 6.44. The third-order valence-electron chi connectivity index (χ3n) is 2.92. The molecular weight excluding hydrogens is 210 g/mol. The Bertz CT molecular complexity index is 309. The fourth-order valence-corrected chi connectivity index (χ4v) is 2.47. The van der Waals surface area contributed by atoms with Crippen molar-refractivity contribution >= 4 is 0 Å². The quantitative estimate of drug-likeness (QED) is 0.794. The summed E-state index contributed by atoms with van der Waals surface area (Å²) in [6, 6.07) is 10.6. The summed E-state index contributed by atoms with van der Waals surface area (Å²) in [6.45, 7) is 8.75. The Kier molecular flexibility index (Phi) is 5.16. The number of nitrogens with one attached hydrogen (secondary N) is 1. The second-order valence-electron chi connectivity index (χ2n) is 5.50. The van der Waals surface area contributed by atoms with E-state index >= 15 is 0 Å². The van der Waals surface area contributed by atoms with E-state index in [4.69, 9.17) is 0 Å². The van der Waals surface area contributed by atoms with Crippen molar-refractivity contribution in [3.05, 3.63) is 35.9 Å². The largest absolute Gasteiger partial charge is 0.394 e. The second kappa shape index (κ2) is 6.18. The van der Waals surface area contributed by atoms with Crippen LogP contribution in [-0.2, 0) is 5.54 Å². The van der Waals surface area contributed by atoms with E-state index in [9.17, 15) is 5.11 Å². The molecule has 0 heterocycles. The van der Waals surface area contributed by atoms with E-state index in [1.54, 1.807) is 0 Å². The van der Waals surface area contributed by atoms with Crippen LogP contribution in [-0.4, -0.2) is 17.8 Å². The van der Waals surface area contributed by atoms with Crippen molar-refractivity contribution in [1.82, 2.24) is 5.32 Å². The van der Waals surface area contributed by atoms with Crippen molar-refractivity contribution < 1.29 is 5.11 Å². The smallest absolute Gasteiger partial charge is 0.0673 e. The first-order chi connectivity index (χ1) is 8.00. The molecule has 0 aliphatic carbocycles. The average Bonchev–Trinajstić information content (AvgIpc) is 2.28. The fourth-order valence-electron chi connectivity index (χ4n) is 2.47. The average molecular weight is 235 g/mol. The Balaban J connectivity index is 3.06. The molecule has 2 nitrogen and oxygen atoms in total. The Labute approximate surface area is 105 Å². The van der Waals surface area contributed by atoms with Gasteiger partial charge in [0, 0.05) is 6.04 Å². The van der Waals surface area contributed by atoms with Gasteiger partial charge in [-0.25, -0.2) is 0 Å². The van der Waals surface area contributed by atoms with Crippen molar-refractivity contribution in [3.8, 4) is 0 Å². The molecule has 0 aliphatic heterocycles. The predicted molar refractivity (Wildman–Crippen MR) is 72.9 cm³/mol. The zero-order valence-corrected chi connectivity index (χ0v) is 11.4. The predicted octanol–water partition coefficient (Wildman–Crippen LogP) is 2.92. The molecule has 1 unspecified atom stereocenters. The molecule has 0 spiro atoms. The van der Waals surface area contributed by atoms with E-state index in [0.717, 1.165) is 6.42 Å². The van der Waals surface area contributed by atoms with Gasteiger partial charge >= 0.3 is 0 Å². The van der Waals surface area contributed by atoms with Crippen molar-refractivity contribution in [3.63, 3.8) is 0 Å². The van der Waals surface area contributed by atoms with Crippen LogP contribution in [0, 0.1) is 5.92 Å². The molecule has 0 bridgehead atoms. The molecular formula is C15H25NO. The second-order valence-corrected chi connectivity index (χ2v) is 5.50. The molecule has 1 aromatic rings. The van der Waals surface area contributed by atoms with E-state index in [-0.39, 0.29) is 12.1 Å². The van der Waals surface area contributed by atoms with Crippen molar-refractivity contribution in [2.75, 3.05) is 6.61 Å². The van der Waals surface area contributed by atoms with Crippen molar-refractivity contribution in [2.45, 2.75) is 45.7 Å². The monoisotopic (exact) mass is 235 g/mol. The molecule has 0 saturated carbocycles. The summed E-state index contributed by atoms with van der Waals surface area (Å²) in [7, 11) is 0. The summed E-state index contributed by atoms with van der Waals surface area (Å²) < 4.78 is 0. The molecule has 17 heavy (non-hydrogen) atoms. The third kappa shape index (κ3) is 3.83. The minimum atomic E-state index is -0.316. The molecule has 0 saturated heterocycles. The minimum absolute atomic E-state index is 0.132. The van der Waals surface area contributed by atoms with Crippen LogP contribution < -0.4 is 5.32 Å². The van der Waals surface area contributed by atoms with Crippen LogP contribution in [0.5, 0.6) is 0 Å². The number of aliphatic hydroxyl groups excluding tert-OH is 1. The van der Waals surface area contributed by atoms with Crippen LogP contribution >= 0.6 is 0 Å². The number of hydrogen-bond acceptors (Lipinski definition) is 2. The summed E-state index contributed by atoms with van der Waals surface area (Å²) in [6.07, 6.45) is 0.936. The molecule has 1 aromatic carbocycles. The number of rotatable bonds is 6. The lowest BCUT2D eigenvalue weighted by atomic mass is 9.82. The van der Waals surface area contributed by atoms with Crippen LogP contribution in [0.3, 0.4) is 0 Å². The Morgan fingerprint density at radius 1 is 1.12 bits per heavy atom. The lowest BCUT2D eigenvalue weighted by Gasteiger charge is -2.37. The highest BCUT2D eigenvalue weighted by molar-refractivity contribution is 5.25. The maximum absolute atomic E-state index is 9.87. The lowest BCUT2D eigenvalue weighted by Crippen LogP contribution is -2.49. The first-order valence-corrected chi connectivity index (χ1v) is 6.44. The van der Waals surface area contributed by atoms with E-state index < -0.39 is 0 Å². The minimum Gasteiger partial charge on any atom is -0.394 e. The van der Waals surface area contributed by atoms with Gasteiger partial charge in [-0.05, 0) is 31.7 Å². The van der Waals surface area contributed by atoms with Gasteiger partial charge in [0.1, 0.15) is 0 Å². The van der Waals surface area contributed by atoms with Crippen LogP contribution in [0.2, 0.25) is 0 Å². The standard InChI is InChI=1S/C15H25NO/c1-12(2)10-15(11-17,16-13(3)4)14-8-6-5-7-9-14/h5-9,12-13,16-17H,10-11H2,1-4H3. The number of hydrogen-bond donors (Lipinski definition) is 2. The van der Waals surface area contributed by atoms with Crippen molar-refractivity contribution in [1.29, 1.82) is 0 Å². The number of aliphatic hydroxyl groups is 1. The normalized spacial score (nSPS) is 15.2. The molecule has 0 fully saturated rings. The Hall–Kier alpha value is -0.860. The summed E-state index contributed by atoms with van der Waals surface area (Å²) >= 11 is 0. The van der Waals surface area contributed by atoms with Gasteiger partial charge < -0.3 is 10.4 Å². The summed E-state index contributed by atoms with van der Waals surface area (Å²) in [5, 5.41) is 13.4. The van der Waals surface area contributed by atoms with Crippen molar-refractivity contribution in [2.24, 2.45) is 5.92 Å². The van der Waals surface area contributed by atoms with Gasteiger partial charge in [0.05, 0.1) is 12.1 Å². The zero-order valence-electron chi connectivity index (χ0n) is 11.4. The summed E-state index contributed by atoms with van der Waals surface area (Å²) in [5.41, 5.74) is 0.855. The summed E-state index contributed by atoms with van der Waals surface area (Å²) in [5.74, 6) is 0.536. The first kappa shape index (κ1) is 14.2. The van der Waals surface area contributed by atoms with Crippen LogP contribution in [0.4, 0.5) is 0 Å². The van der Waals surface area contributed by atoms with E-state index in [1.165, 1.54) is 5.56 Å². The van der Waals surface area contributed by atoms with E-state index in [0.29, 0.717) is 12.0 Å². The lowest BCUT2D eigenvalue weighted by molar-refractivity contribution is 0.128. The summed E-state index contributed by atoms with van der Waals surface area (Å²) in [4.78, 5) is 0. The Morgan fingerprint density at radius 2 is 1.71 bits per heavy atom. The highest BCUT2D eigenvalue weighted by atomic mass is 16.3. The van der Waals surface area contributed by atoms with Gasteiger partial charge in [0.25, 0.3) is 0 Å². The van der Waals surface area contributed by atoms with Gasteiger partial charge in [-0.15, -0.1) is 0 Å². The third-order valence-corrected chi connectivity index (χ3v) is 2.92. The fraction of sp³-hybridized carbons (Fsp3) is 0.600. The van der Waals surface area contributed by atoms with Gasteiger partial charge in [-0.2, -0.15) is 0 Å². The molecule has 0 amide bonds. The van der Waals surface area contributed by atoms with Gasteiger partial charge in [0.2, 0.25) is 0 Å². The maximum atomic E-state index is 9.87. The highest BCUT2D eigenvalue weighted by Crippen LogP contribution is 2.29. The SMILES string of the molecule is CC(C)CC(CO)(NC(C)C)c1ccccc1. The van der Waals surface area contributed by atoms with E-state index in [1.807, 2.05) is 18.2 Å². The molecule has 2 N–H and O–H groups in total. The highest BCUT2D eigenvalue weighted by Gasteiger charge is 2.32. The molecule has 2 heteroatoms. The topological polar surface area (TPSA) is 32.3 Å². The molecule has 1 atom stereocenters. The number of benzene rings is 1.